The lowest BCUT2D eigenvalue weighted by molar-refractivity contribution is -0.125. The molecule has 1 aliphatic rings. The summed E-state index contributed by atoms with van der Waals surface area (Å²) < 4.78 is 0. The zero-order valence-corrected chi connectivity index (χ0v) is 16.3. The lowest BCUT2D eigenvalue weighted by Crippen LogP contribution is -2.43. The first kappa shape index (κ1) is 17.9. The second kappa shape index (κ2) is 8.05. The number of thiazole rings is 1. The summed E-state index contributed by atoms with van der Waals surface area (Å²) >= 11 is 1.61. The van der Waals surface area contributed by atoms with Crippen molar-refractivity contribution in [3.8, 4) is 0 Å². The first-order valence-electron chi connectivity index (χ1n) is 9.49. The van der Waals surface area contributed by atoms with Gasteiger partial charge in [-0.05, 0) is 43.9 Å². The molecule has 1 N–H and O–H groups in total. The number of fused-ring (bicyclic) bond motifs is 1. The molecule has 0 saturated carbocycles. The molecule has 6 heteroatoms. The Labute approximate surface area is 163 Å². The first-order valence-corrected chi connectivity index (χ1v) is 10.3. The van der Waals surface area contributed by atoms with E-state index >= 15 is 0 Å². The number of amides is 1. The topological polar surface area (TPSA) is 58.1 Å². The van der Waals surface area contributed by atoms with E-state index in [1.807, 2.05) is 12.1 Å². The average molecular weight is 381 g/mol. The normalized spacial score (nSPS) is 17.2. The minimum Gasteiger partial charge on any atom is -0.355 e. The van der Waals surface area contributed by atoms with E-state index in [2.05, 4.69) is 51.4 Å². The van der Waals surface area contributed by atoms with Crippen LogP contribution in [-0.4, -0.2) is 35.5 Å². The van der Waals surface area contributed by atoms with Gasteiger partial charge in [-0.15, -0.1) is 0 Å². The van der Waals surface area contributed by atoms with Crippen molar-refractivity contribution in [1.29, 1.82) is 0 Å². The summed E-state index contributed by atoms with van der Waals surface area (Å²) in [6, 6.07) is 12.4. The van der Waals surface area contributed by atoms with E-state index in [4.69, 9.17) is 0 Å². The summed E-state index contributed by atoms with van der Waals surface area (Å²) in [5.74, 6) is 0.183. The van der Waals surface area contributed by atoms with E-state index in [-0.39, 0.29) is 11.8 Å². The smallest absolute Gasteiger partial charge is 0.224 e. The maximum atomic E-state index is 12.6. The Hall–Kier alpha value is -2.47. The number of rotatable bonds is 5. The van der Waals surface area contributed by atoms with Crippen molar-refractivity contribution in [3.63, 3.8) is 0 Å². The number of carbonyl (C=O) groups is 1. The Kier molecular flexibility index (Phi) is 5.34. The Balaban J connectivity index is 1.33. The van der Waals surface area contributed by atoms with E-state index in [0.29, 0.717) is 6.54 Å². The van der Waals surface area contributed by atoms with E-state index in [1.165, 1.54) is 11.1 Å². The minimum atomic E-state index is 0.0248. The van der Waals surface area contributed by atoms with Crippen molar-refractivity contribution in [2.24, 2.45) is 5.92 Å². The Morgan fingerprint density at radius 2 is 2.15 bits per heavy atom. The lowest BCUT2D eigenvalue weighted by Gasteiger charge is -2.31. The van der Waals surface area contributed by atoms with Crippen molar-refractivity contribution in [2.75, 3.05) is 24.5 Å². The molecule has 5 nitrogen and oxygen atoms in total. The van der Waals surface area contributed by atoms with Gasteiger partial charge >= 0.3 is 0 Å². The number of benzene rings is 1. The summed E-state index contributed by atoms with van der Waals surface area (Å²) in [5, 5.41) is 4.09. The van der Waals surface area contributed by atoms with Crippen LogP contribution in [0.1, 0.15) is 24.0 Å². The summed E-state index contributed by atoms with van der Waals surface area (Å²) in [5.41, 5.74) is 3.45. The van der Waals surface area contributed by atoms with Crippen molar-refractivity contribution < 1.29 is 4.79 Å². The highest BCUT2D eigenvalue weighted by molar-refractivity contribution is 7.21. The first-order chi connectivity index (χ1) is 13.2. The van der Waals surface area contributed by atoms with Crippen LogP contribution >= 0.6 is 11.3 Å². The molecule has 1 unspecified atom stereocenters. The van der Waals surface area contributed by atoms with Gasteiger partial charge in [-0.25, -0.2) is 9.97 Å². The fourth-order valence-electron chi connectivity index (χ4n) is 3.49. The summed E-state index contributed by atoms with van der Waals surface area (Å²) in [7, 11) is 0. The molecule has 3 aromatic rings. The maximum absolute atomic E-state index is 12.6. The number of piperidine rings is 1. The highest BCUT2D eigenvalue weighted by Gasteiger charge is 2.27. The van der Waals surface area contributed by atoms with Crippen molar-refractivity contribution in [2.45, 2.75) is 26.2 Å². The van der Waals surface area contributed by atoms with Crippen molar-refractivity contribution in [1.82, 2.24) is 15.3 Å². The van der Waals surface area contributed by atoms with Gasteiger partial charge in [-0.1, -0.05) is 41.2 Å². The van der Waals surface area contributed by atoms with E-state index in [9.17, 15) is 4.79 Å². The highest BCUT2D eigenvalue weighted by atomic mass is 32.1. The van der Waals surface area contributed by atoms with E-state index in [1.54, 1.807) is 17.5 Å². The molecule has 4 rings (SSSR count). The molecule has 0 radical (unpaired) electrons. The third-order valence-electron chi connectivity index (χ3n) is 5.05. The van der Waals surface area contributed by atoms with Gasteiger partial charge in [0.05, 0.1) is 5.92 Å². The van der Waals surface area contributed by atoms with Crippen LogP contribution in [0.15, 0.2) is 42.6 Å². The largest absolute Gasteiger partial charge is 0.355 e. The molecule has 1 fully saturated rings. The molecule has 1 atom stereocenters. The van der Waals surface area contributed by atoms with Gasteiger partial charge in [0.25, 0.3) is 0 Å². The predicted octanol–water partition coefficient (Wildman–Crippen LogP) is 3.58. The van der Waals surface area contributed by atoms with Gasteiger partial charge in [0.1, 0.15) is 10.3 Å². The second-order valence-electron chi connectivity index (χ2n) is 7.14. The van der Waals surface area contributed by atoms with Crippen molar-refractivity contribution >= 4 is 32.7 Å². The minimum absolute atomic E-state index is 0.0248. The number of pyridine rings is 1. The van der Waals surface area contributed by atoms with Gasteiger partial charge in [-0.3, -0.25) is 4.79 Å². The molecule has 140 valence electrons. The third-order valence-corrected chi connectivity index (χ3v) is 6.09. The van der Waals surface area contributed by atoms with Crippen LogP contribution in [0.2, 0.25) is 0 Å². The number of hydrogen-bond acceptors (Lipinski definition) is 5. The average Bonchev–Trinajstić information content (AvgIpc) is 3.14. The zero-order valence-electron chi connectivity index (χ0n) is 15.5. The quantitative estimate of drug-likeness (QED) is 0.735. The number of nitrogens with one attached hydrogen (secondary N) is 1. The number of nitrogens with zero attached hydrogens (tertiary/aromatic N) is 3. The zero-order chi connectivity index (χ0) is 18.6. The Bertz CT molecular complexity index is 888. The standard InChI is InChI=1S/C21H24N4OS/c1-15-6-8-16(9-7-15)10-12-22-19(26)17-4-3-13-25(14-17)21-24-18-5-2-11-23-20(18)27-21/h2,5-9,11,17H,3-4,10,12-14H2,1H3,(H,22,26). The summed E-state index contributed by atoms with van der Waals surface area (Å²) in [4.78, 5) is 24.9. The predicted molar refractivity (Wildman–Crippen MR) is 110 cm³/mol. The fourth-order valence-corrected chi connectivity index (χ4v) is 4.43. The number of anilines is 1. The highest BCUT2D eigenvalue weighted by Crippen LogP contribution is 2.30. The number of aryl methyl sites for hydroxylation is 1. The van der Waals surface area contributed by atoms with Crippen molar-refractivity contribution in [3.05, 3.63) is 53.7 Å². The van der Waals surface area contributed by atoms with E-state index in [0.717, 1.165) is 47.8 Å². The maximum Gasteiger partial charge on any atom is 0.224 e. The van der Waals surface area contributed by atoms with Gasteiger partial charge < -0.3 is 10.2 Å². The van der Waals surface area contributed by atoms with Crippen LogP contribution in [0.4, 0.5) is 5.13 Å². The van der Waals surface area contributed by atoms with Gasteiger partial charge in [0.15, 0.2) is 5.13 Å². The Morgan fingerprint density at radius 3 is 2.96 bits per heavy atom. The molecule has 0 bridgehead atoms. The Morgan fingerprint density at radius 1 is 1.30 bits per heavy atom. The van der Waals surface area contributed by atoms with E-state index < -0.39 is 0 Å². The van der Waals surface area contributed by atoms with Gasteiger partial charge in [0.2, 0.25) is 5.91 Å². The molecule has 0 aliphatic carbocycles. The molecule has 0 spiro atoms. The number of aromatic nitrogens is 2. The second-order valence-corrected chi connectivity index (χ2v) is 8.09. The molecule has 1 saturated heterocycles. The van der Waals surface area contributed by atoms with Crippen LogP contribution in [0, 0.1) is 12.8 Å². The van der Waals surface area contributed by atoms with Crippen LogP contribution in [0.25, 0.3) is 10.3 Å². The summed E-state index contributed by atoms with van der Waals surface area (Å²) in [6.07, 6.45) is 4.62. The molecule has 2 aromatic heterocycles. The molecule has 1 aromatic carbocycles. The number of hydrogen-bond donors (Lipinski definition) is 1. The summed E-state index contributed by atoms with van der Waals surface area (Å²) in [6.45, 7) is 4.45. The SMILES string of the molecule is Cc1ccc(CCNC(=O)C2CCCN(c3nc4cccnc4s3)C2)cc1. The van der Waals surface area contributed by atoms with Crippen LogP contribution < -0.4 is 10.2 Å². The molecule has 1 aliphatic heterocycles. The van der Waals surface area contributed by atoms with Crippen LogP contribution in [0.3, 0.4) is 0 Å². The van der Waals surface area contributed by atoms with Crippen LogP contribution in [0.5, 0.6) is 0 Å². The molecule has 1 amide bonds. The monoisotopic (exact) mass is 380 g/mol. The molecule has 3 heterocycles. The lowest BCUT2D eigenvalue weighted by atomic mass is 9.97. The third kappa shape index (κ3) is 4.27. The fraction of sp³-hybridized carbons (Fsp3) is 0.381. The van der Waals surface area contributed by atoms with Gasteiger partial charge in [-0.2, -0.15) is 0 Å². The molecular weight excluding hydrogens is 356 g/mol. The molecule has 27 heavy (non-hydrogen) atoms. The van der Waals surface area contributed by atoms with Crippen LogP contribution in [-0.2, 0) is 11.2 Å². The number of carbonyl (C=O) groups excluding carboxylic acids is 1. The van der Waals surface area contributed by atoms with Gasteiger partial charge in [0, 0.05) is 25.8 Å². The molecular formula is C21H24N4OS.